The molecule has 0 N–H and O–H groups in total. The van der Waals surface area contributed by atoms with Gasteiger partial charge >= 0.3 is 5.97 Å². The van der Waals surface area contributed by atoms with Crippen LogP contribution >= 0.6 is 0 Å². The summed E-state index contributed by atoms with van der Waals surface area (Å²) in [7, 11) is 0. The molecule has 0 saturated heterocycles. The van der Waals surface area contributed by atoms with Gasteiger partial charge in [-0.15, -0.1) is 0 Å². The SMILES string of the molecule is CCCCCCCCCCc1ccc(C(=O)Oc2ccc(-c3ncc(CCCCC)cn3)c(F)c2)cc1. The number of esters is 1. The summed E-state index contributed by atoms with van der Waals surface area (Å²) in [5.41, 5.74) is 3.00. The van der Waals surface area contributed by atoms with Crippen molar-refractivity contribution in [1.82, 2.24) is 9.97 Å². The van der Waals surface area contributed by atoms with Gasteiger partial charge in [-0.2, -0.15) is 0 Å². The Morgan fingerprint density at radius 1 is 0.730 bits per heavy atom. The highest BCUT2D eigenvalue weighted by Crippen LogP contribution is 2.24. The van der Waals surface area contributed by atoms with Crippen LogP contribution in [0.3, 0.4) is 0 Å². The number of unbranched alkanes of at least 4 members (excludes halogenated alkanes) is 9. The zero-order valence-electron chi connectivity index (χ0n) is 22.5. The highest BCUT2D eigenvalue weighted by molar-refractivity contribution is 5.91. The summed E-state index contributed by atoms with van der Waals surface area (Å²) in [5, 5.41) is 0. The molecule has 0 radical (unpaired) electrons. The average molecular weight is 505 g/mol. The van der Waals surface area contributed by atoms with E-state index in [1.165, 1.54) is 63.0 Å². The molecule has 5 heteroatoms. The fourth-order valence-corrected chi connectivity index (χ4v) is 4.38. The van der Waals surface area contributed by atoms with E-state index in [-0.39, 0.29) is 11.3 Å². The second-order valence-corrected chi connectivity index (χ2v) is 9.82. The van der Waals surface area contributed by atoms with E-state index in [0.717, 1.165) is 37.7 Å². The lowest BCUT2D eigenvalue weighted by Gasteiger charge is -2.08. The first-order chi connectivity index (χ1) is 18.1. The summed E-state index contributed by atoms with van der Waals surface area (Å²) >= 11 is 0. The van der Waals surface area contributed by atoms with Crippen molar-refractivity contribution in [3.8, 4) is 17.1 Å². The third-order valence-electron chi connectivity index (χ3n) is 6.67. The molecule has 4 nitrogen and oxygen atoms in total. The molecule has 0 saturated carbocycles. The molecule has 0 amide bonds. The first-order valence-electron chi connectivity index (χ1n) is 14.0. The summed E-state index contributed by atoms with van der Waals surface area (Å²) in [6.45, 7) is 4.41. The lowest BCUT2D eigenvalue weighted by atomic mass is 10.0. The van der Waals surface area contributed by atoms with Crippen molar-refractivity contribution in [2.24, 2.45) is 0 Å². The van der Waals surface area contributed by atoms with E-state index in [1.807, 2.05) is 12.1 Å². The van der Waals surface area contributed by atoms with Gasteiger partial charge < -0.3 is 4.74 Å². The highest BCUT2D eigenvalue weighted by Gasteiger charge is 2.13. The molecule has 3 aromatic rings. The Kier molecular flexibility index (Phi) is 12.2. The topological polar surface area (TPSA) is 52.1 Å². The zero-order chi connectivity index (χ0) is 26.3. The molecule has 0 aliphatic carbocycles. The van der Waals surface area contributed by atoms with Crippen molar-refractivity contribution in [3.63, 3.8) is 0 Å². The van der Waals surface area contributed by atoms with E-state index in [4.69, 9.17) is 4.74 Å². The van der Waals surface area contributed by atoms with Gasteiger partial charge in [-0.05, 0) is 61.1 Å². The van der Waals surface area contributed by atoms with Gasteiger partial charge in [0.15, 0.2) is 5.82 Å². The maximum Gasteiger partial charge on any atom is 0.343 e. The van der Waals surface area contributed by atoms with Crippen LogP contribution in [0.4, 0.5) is 4.39 Å². The van der Waals surface area contributed by atoms with Crippen LogP contribution in [0.25, 0.3) is 11.4 Å². The van der Waals surface area contributed by atoms with Gasteiger partial charge in [0.2, 0.25) is 0 Å². The molecule has 0 spiro atoms. The van der Waals surface area contributed by atoms with Crippen LogP contribution in [0.15, 0.2) is 54.9 Å². The number of nitrogens with zero attached hydrogens (tertiary/aromatic N) is 2. The largest absolute Gasteiger partial charge is 0.423 e. The van der Waals surface area contributed by atoms with Crippen LogP contribution in [-0.2, 0) is 12.8 Å². The van der Waals surface area contributed by atoms with E-state index in [1.54, 1.807) is 36.7 Å². The second kappa shape index (κ2) is 15.9. The van der Waals surface area contributed by atoms with Gasteiger partial charge in [0, 0.05) is 18.5 Å². The van der Waals surface area contributed by atoms with Crippen molar-refractivity contribution in [1.29, 1.82) is 0 Å². The van der Waals surface area contributed by atoms with E-state index in [2.05, 4.69) is 23.8 Å². The molecule has 0 unspecified atom stereocenters. The number of halogens is 1. The standard InChI is InChI=1S/C32H41FN2O2/c1-3-5-7-8-9-10-11-13-14-25-16-18-27(19-17-25)32(36)37-28-20-21-29(30(33)22-28)31-34-23-26(24-35-31)15-12-6-4-2/h16-24H,3-15H2,1-2H3. The summed E-state index contributed by atoms with van der Waals surface area (Å²) in [4.78, 5) is 21.2. The Balaban J connectivity index is 1.47. The molecule has 0 fully saturated rings. The summed E-state index contributed by atoms with van der Waals surface area (Å²) < 4.78 is 20.2. The predicted octanol–water partition coefficient (Wildman–Crippen LogP) is 8.92. The maximum absolute atomic E-state index is 14.8. The number of aryl methyl sites for hydroxylation is 2. The predicted molar refractivity (Wildman–Crippen MR) is 148 cm³/mol. The number of ether oxygens (including phenoxy) is 1. The Bertz CT molecular complexity index is 1080. The van der Waals surface area contributed by atoms with Gasteiger partial charge in [-0.3, -0.25) is 0 Å². The fraction of sp³-hybridized carbons (Fsp3) is 0.469. The monoisotopic (exact) mass is 504 g/mol. The number of carbonyl (C=O) groups is 1. The molecular formula is C32H41FN2O2. The highest BCUT2D eigenvalue weighted by atomic mass is 19.1. The van der Waals surface area contributed by atoms with E-state index in [0.29, 0.717) is 11.4 Å². The van der Waals surface area contributed by atoms with Crippen LogP contribution in [0, 0.1) is 5.82 Å². The molecule has 1 heterocycles. The smallest absolute Gasteiger partial charge is 0.343 e. The second-order valence-electron chi connectivity index (χ2n) is 9.82. The molecule has 0 aliphatic rings. The van der Waals surface area contributed by atoms with Gasteiger partial charge in [-0.25, -0.2) is 19.2 Å². The lowest BCUT2D eigenvalue weighted by molar-refractivity contribution is 0.0734. The van der Waals surface area contributed by atoms with Gasteiger partial charge in [0.25, 0.3) is 0 Å². The Hall–Kier alpha value is -3.08. The third-order valence-corrected chi connectivity index (χ3v) is 6.67. The minimum absolute atomic E-state index is 0.158. The number of hydrogen-bond acceptors (Lipinski definition) is 4. The van der Waals surface area contributed by atoms with Crippen molar-refractivity contribution in [2.45, 2.75) is 97.3 Å². The zero-order valence-corrected chi connectivity index (χ0v) is 22.5. The first-order valence-corrected chi connectivity index (χ1v) is 14.0. The summed E-state index contributed by atoms with van der Waals surface area (Å²) in [6.07, 6.45) is 19.2. The molecule has 1 aromatic heterocycles. The fourth-order valence-electron chi connectivity index (χ4n) is 4.38. The summed E-state index contributed by atoms with van der Waals surface area (Å²) in [5.74, 6) is -0.546. The molecule has 2 aromatic carbocycles. The van der Waals surface area contributed by atoms with Crippen LogP contribution in [-0.4, -0.2) is 15.9 Å². The van der Waals surface area contributed by atoms with E-state index < -0.39 is 11.8 Å². The van der Waals surface area contributed by atoms with Crippen LogP contribution < -0.4 is 4.74 Å². The van der Waals surface area contributed by atoms with Crippen molar-refractivity contribution < 1.29 is 13.9 Å². The van der Waals surface area contributed by atoms with Gasteiger partial charge in [0.05, 0.1) is 11.1 Å². The molecular weight excluding hydrogens is 463 g/mol. The Morgan fingerprint density at radius 2 is 1.30 bits per heavy atom. The number of carbonyl (C=O) groups excluding carboxylic acids is 1. The number of benzene rings is 2. The minimum Gasteiger partial charge on any atom is -0.423 e. The van der Waals surface area contributed by atoms with E-state index in [9.17, 15) is 9.18 Å². The quantitative estimate of drug-likeness (QED) is 0.111. The number of rotatable bonds is 16. The van der Waals surface area contributed by atoms with Crippen LogP contribution in [0.5, 0.6) is 5.75 Å². The average Bonchev–Trinajstić information content (AvgIpc) is 2.91. The number of hydrogen-bond donors (Lipinski definition) is 0. The first kappa shape index (κ1) is 28.5. The van der Waals surface area contributed by atoms with Crippen LogP contribution in [0.1, 0.15) is 106 Å². The van der Waals surface area contributed by atoms with E-state index >= 15 is 0 Å². The third kappa shape index (κ3) is 9.71. The maximum atomic E-state index is 14.8. The lowest BCUT2D eigenvalue weighted by Crippen LogP contribution is -2.09. The summed E-state index contributed by atoms with van der Waals surface area (Å²) in [6, 6.07) is 11.9. The molecule has 0 aliphatic heterocycles. The Labute approximate surface area is 221 Å². The molecule has 0 atom stereocenters. The molecule has 3 rings (SSSR count). The molecule has 198 valence electrons. The van der Waals surface area contributed by atoms with Crippen molar-refractivity contribution in [2.75, 3.05) is 0 Å². The van der Waals surface area contributed by atoms with Crippen molar-refractivity contribution >= 4 is 5.97 Å². The van der Waals surface area contributed by atoms with Crippen molar-refractivity contribution in [3.05, 3.63) is 77.4 Å². The normalized spacial score (nSPS) is 11.0. The molecule has 0 bridgehead atoms. The number of aromatic nitrogens is 2. The Morgan fingerprint density at radius 3 is 1.95 bits per heavy atom. The van der Waals surface area contributed by atoms with Gasteiger partial charge in [0.1, 0.15) is 11.6 Å². The molecule has 37 heavy (non-hydrogen) atoms. The minimum atomic E-state index is -0.523. The van der Waals surface area contributed by atoms with Crippen LogP contribution in [0.2, 0.25) is 0 Å². The van der Waals surface area contributed by atoms with Gasteiger partial charge in [-0.1, -0.05) is 83.8 Å².